The van der Waals surface area contributed by atoms with Gasteiger partial charge in [0.05, 0.1) is 18.8 Å². The average molecular weight is 307 g/mol. The Morgan fingerprint density at radius 1 is 1.33 bits per heavy atom. The van der Waals surface area contributed by atoms with Crippen molar-refractivity contribution >= 4 is 11.3 Å². The van der Waals surface area contributed by atoms with E-state index in [2.05, 4.69) is 43.3 Å². The van der Waals surface area contributed by atoms with Gasteiger partial charge in [-0.3, -0.25) is 4.68 Å². The van der Waals surface area contributed by atoms with E-state index in [1.807, 2.05) is 22.9 Å². The third-order valence-electron chi connectivity index (χ3n) is 3.77. The van der Waals surface area contributed by atoms with E-state index in [9.17, 15) is 0 Å². The Hall–Kier alpha value is -1.17. The molecule has 0 saturated heterocycles. The van der Waals surface area contributed by atoms with E-state index in [0.29, 0.717) is 12.6 Å². The molecule has 1 atom stereocenters. The van der Waals surface area contributed by atoms with Crippen LogP contribution in [0.25, 0.3) is 0 Å². The zero-order valence-corrected chi connectivity index (χ0v) is 14.1. The number of rotatable bonds is 7. The van der Waals surface area contributed by atoms with Gasteiger partial charge in [-0.25, -0.2) is 0 Å². The summed E-state index contributed by atoms with van der Waals surface area (Å²) in [5, 5.41) is 17.1. The molecule has 21 heavy (non-hydrogen) atoms. The van der Waals surface area contributed by atoms with Crippen LogP contribution in [0.4, 0.5) is 0 Å². The van der Waals surface area contributed by atoms with Crippen molar-refractivity contribution in [1.82, 2.24) is 15.1 Å². The number of aromatic nitrogens is 2. The maximum Gasteiger partial charge on any atom is 0.0644 e. The Bertz CT molecular complexity index is 588. The first-order valence-electron chi connectivity index (χ1n) is 7.43. The molecule has 0 fully saturated rings. The van der Waals surface area contributed by atoms with Crippen LogP contribution >= 0.6 is 11.3 Å². The molecule has 2 aromatic rings. The molecule has 0 amide bonds. The maximum atomic E-state index is 9.05. The molecule has 0 aromatic carbocycles. The lowest BCUT2D eigenvalue weighted by atomic mass is 10.1. The third kappa shape index (κ3) is 4.15. The van der Waals surface area contributed by atoms with Crippen molar-refractivity contribution in [2.75, 3.05) is 6.61 Å². The molecule has 0 saturated carbocycles. The van der Waals surface area contributed by atoms with Crippen molar-refractivity contribution in [1.29, 1.82) is 0 Å². The molecule has 5 heteroatoms. The lowest BCUT2D eigenvalue weighted by molar-refractivity contribution is 0.267. The molecule has 0 bridgehead atoms. The number of hydrogen-bond acceptors (Lipinski definition) is 4. The molecule has 2 aromatic heterocycles. The summed E-state index contributed by atoms with van der Waals surface area (Å²) in [6.45, 7) is 9.99. The van der Waals surface area contributed by atoms with E-state index >= 15 is 0 Å². The quantitative estimate of drug-likeness (QED) is 0.826. The molecule has 0 aliphatic rings. The van der Waals surface area contributed by atoms with Gasteiger partial charge in [0, 0.05) is 33.6 Å². The molecule has 2 N–H and O–H groups in total. The first-order valence-corrected chi connectivity index (χ1v) is 8.25. The molecule has 2 heterocycles. The zero-order chi connectivity index (χ0) is 15.4. The number of aryl methyl sites for hydroxylation is 2. The summed E-state index contributed by atoms with van der Waals surface area (Å²) in [6, 6.07) is 4.83. The van der Waals surface area contributed by atoms with Crippen molar-refractivity contribution in [3.63, 3.8) is 0 Å². The molecule has 1 unspecified atom stereocenters. The van der Waals surface area contributed by atoms with Crippen molar-refractivity contribution in [2.45, 2.75) is 53.2 Å². The van der Waals surface area contributed by atoms with Crippen LogP contribution in [0.3, 0.4) is 0 Å². The van der Waals surface area contributed by atoms with Gasteiger partial charge in [0.15, 0.2) is 0 Å². The van der Waals surface area contributed by atoms with E-state index < -0.39 is 0 Å². The van der Waals surface area contributed by atoms with Crippen LogP contribution < -0.4 is 5.32 Å². The van der Waals surface area contributed by atoms with E-state index in [-0.39, 0.29) is 6.61 Å². The summed E-state index contributed by atoms with van der Waals surface area (Å²) in [6.07, 6.45) is 1.06. The number of nitrogens with zero attached hydrogens (tertiary/aromatic N) is 2. The Labute approximate surface area is 130 Å². The highest BCUT2D eigenvalue weighted by atomic mass is 32.1. The Morgan fingerprint density at radius 2 is 2.10 bits per heavy atom. The maximum absolute atomic E-state index is 9.05. The predicted molar refractivity (Wildman–Crippen MR) is 87.8 cm³/mol. The summed E-state index contributed by atoms with van der Waals surface area (Å²) >= 11 is 1.87. The fraction of sp³-hybridized carbons (Fsp3) is 0.562. The lowest BCUT2D eigenvalue weighted by Crippen LogP contribution is -2.27. The molecule has 0 radical (unpaired) electrons. The highest BCUT2D eigenvalue weighted by molar-refractivity contribution is 7.11. The Kier molecular flexibility index (Phi) is 5.56. The minimum Gasteiger partial charge on any atom is -0.394 e. The van der Waals surface area contributed by atoms with E-state index in [1.165, 1.54) is 15.3 Å². The van der Waals surface area contributed by atoms with Gasteiger partial charge < -0.3 is 10.4 Å². The van der Waals surface area contributed by atoms with Crippen LogP contribution in [0.1, 0.15) is 33.6 Å². The lowest BCUT2D eigenvalue weighted by Gasteiger charge is -2.13. The van der Waals surface area contributed by atoms with Crippen LogP contribution in [-0.2, 0) is 19.5 Å². The van der Waals surface area contributed by atoms with Crippen molar-refractivity contribution in [2.24, 2.45) is 0 Å². The third-order valence-corrected chi connectivity index (χ3v) is 4.80. The summed E-state index contributed by atoms with van der Waals surface area (Å²) in [5.41, 5.74) is 3.44. The van der Waals surface area contributed by atoms with E-state index in [0.717, 1.165) is 24.4 Å². The smallest absolute Gasteiger partial charge is 0.0644 e. The van der Waals surface area contributed by atoms with Crippen LogP contribution in [0.5, 0.6) is 0 Å². The summed E-state index contributed by atoms with van der Waals surface area (Å²) in [4.78, 5) is 2.80. The van der Waals surface area contributed by atoms with Gasteiger partial charge in [0.1, 0.15) is 0 Å². The fourth-order valence-electron chi connectivity index (χ4n) is 2.55. The fourth-order valence-corrected chi connectivity index (χ4v) is 3.57. The largest absolute Gasteiger partial charge is 0.394 e. The number of thiophene rings is 1. The number of nitrogens with one attached hydrogen (secondary N) is 1. The molecule has 0 aliphatic carbocycles. The monoisotopic (exact) mass is 307 g/mol. The minimum atomic E-state index is 0.128. The molecule has 0 aliphatic heterocycles. The number of aliphatic hydroxyl groups excluding tert-OH is 1. The van der Waals surface area contributed by atoms with Crippen molar-refractivity contribution in [3.8, 4) is 0 Å². The van der Waals surface area contributed by atoms with Gasteiger partial charge in [0.2, 0.25) is 0 Å². The first-order chi connectivity index (χ1) is 10.0. The van der Waals surface area contributed by atoms with Gasteiger partial charge in [-0.2, -0.15) is 5.10 Å². The predicted octanol–water partition coefficient (Wildman–Crippen LogP) is 2.58. The molecule has 0 spiro atoms. The standard InChI is InChI=1S/C16H25N3OS/c1-11(9-15-6-5-12(2)21-15)17-10-16-13(3)18-19(7-8-20)14(16)4/h5-6,11,17,20H,7-10H2,1-4H3. The molecule has 116 valence electrons. The topological polar surface area (TPSA) is 50.1 Å². The minimum absolute atomic E-state index is 0.128. The molecule has 2 rings (SSSR count). The Balaban J connectivity index is 1.93. The van der Waals surface area contributed by atoms with Gasteiger partial charge in [-0.05, 0) is 46.2 Å². The zero-order valence-electron chi connectivity index (χ0n) is 13.3. The summed E-state index contributed by atoms with van der Waals surface area (Å²) in [7, 11) is 0. The SMILES string of the molecule is Cc1ccc(CC(C)NCc2c(C)nn(CCO)c2C)s1. The van der Waals surface area contributed by atoms with Crippen LogP contribution in [-0.4, -0.2) is 27.5 Å². The van der Waals surface area contributed by atoms with Gasteiger partial charge in [-0.15, -0.1) is 11.3 Å². The molecular weight excluding hydrogens is 282 g/mol. The molecule has 4 nitrogen and oxygen atoms in total. The highest BCUT2D eigenvalue weighted by Gasteiger charge is 2.12. The van der Waals surface area contributed by atoms with Crippen molar-refractivity contribution < 1.29 is 5.11 Å². The van der Waals surface area contributed by atoms with Crippen LogP contribution in [0.2, 0.25) is 0 Å². The second-order valence-electron chi connectivity index (χ2n) is 5.59. The first kappa shape index (κ1) is 16.2. The highest BCUT2D eigenvalue weighted by Crippen LogP contribution is 2.17. The van der Waals surface area contributed by atoms with Gasteiger partial charge >= 0.3 is 0 Å². The number of aliphatic hydroxyl groups is 1. The summed E-state index contributed by atoms with van der Waals surface area (Å²) < 4.78 is 1.89. The average Bonchev–Trinajstić information content (AvgIpc) is 2.93. The van der Waals surface area contributed by atoms with Crippen LogP contribution in [0.15, 0.2) is 12.1 Å². The second kappa shape index (κ2) is 7.20. The second-order valence-corrected chi connectivity index (χ2v) is 6.97. The number of hydrogen-bond donors (Lipinski definition) is 2. The van der Waals surface area contributed by atoms with Crippen LogP contribution in [0, 0.1) is 20.8 Å². The normalized spacial score (nSPS) is 12.8. The van der Waals surface area contributed by atoms with Gasteiger partial charge in [0.25, 0.3) is 0 Å². The van der Waals surface area contributed by atoms with E-state index in [4.69, 9.17) is 5.11 Å². The Morgan fingerprint density at radius 3 is 2.71 bits per heavy atom. The van der Waals surface area contributed by atoms with E-state index in [1.54, 1.807) is 0 Å². The molecular formula is C16H25N3OS. The summed E-state index contributed by atoms with van der Waals surface area (Å²) in [5.74, 6) is 0. The van der Waals surface area contributed by atoms with Gasteiger partial charge in [-0.1, -0.05) is 0 Å². The van der Waals surface area contributed by atoms with Crippen molar-refractivity contribution in [3.05, 3.63) is 38.8 Å².